The van der Waals surface area contributed by atoms with Gasteiger partial charge in [0.15, 0.2) is 0 Å². The highest BCUT2D eigenvalue weighted by molar-refractivity contribution is 7.16. The lowest BCUT2D eigenvalue weighted by molar-refractivity contribution is 0.367. The quantitative estimate of drug-likeness (QED) is 0.535. The highest BCUT2D eigenvalue weighted by Crippen LogP contribution is 2.20. The average molecular weight is 146 g/mol. The summed E-state index contributed by atoms with van der Waals surface area (Å²) < 4.78 is 0. The van der Waals surface area contributed by atoms with Gasteiger partial charge in [0.1, 0.15) is 0 Å². The van der Waals surface area contributed by atoms with Crippen molar-refractivity contribution in [2.24, 2.45) is 11.8 Å². The van der Waals surface area contributed by atoms with Gasteiger partial charge in [0.2, 0.25) is 0 Å². The SMILES string of the molecule is CCC(CC)[C@H](C)CP. The van der Waals surface area contributed by atoms with Gasteiger partial charge < -0.3 is 0 Å². The number of hydrogen-bond acceptors (Lipinski definition) is 0. The zero-order valence-electron chi connectivity index (χ0n) is 6.85. The van der Waals surface area contributed by atoms with Crippen LogP contribution in [0, 0.1) is 11.8 Å². The maximum Gasteiger partial charge on any atom is -0.0353 e. The molecule has 0 rings (SSSR count). The zero-order chi connectivity index (χ0) is 7.28. The Morgan fingerprint density at radius 2 is 1.67 bits per heavy atom. The first-order valence-corrected chi connectivity index (χ1v) is 4.77. The molecule has 0 radical (unpaired) electrons. The number of rotatable bonds is 4. The summed E-state index contributed by atoms with van der Waals surface area (Å²) in [6, 6.07) is 0. The van der Waals surface area contributed by atoms with Gasteiger partial charge in [-0.25, -0.2) is 0 Å². The fraction of sp³-hybridized carbons (Fsp3) is 1.00. The Morgan fingerprint density at radius 3 is 1.78 bits per heavy atom. The third-order valence-corrected chi connectivity index (χ3v) is 2.97. The first-order valence-electron chi connectivity index (χ1n) is 3.96. The predicted octanol–water partition coefficient (Wildman–Crippen LogP) is 2.93. The molecule has 0 heterocycles. The minimum Gasteiger partial charge on any atom is -0.137 e. The molecular formula is C8H19P. The lowest BCUT2D eigenvalue weighted by Crippen LogP contribution is -2.10. The fourth-order valence-corrected chi connectivity index (χ4v) is 1.67. The van der Waals surface area contributed by atoms with Crippen LogP contribution in [0.15, 0.2) is 0 Å². The van der Waals surface area contributed by atoms with Crippen molar-refractivity contribution in [2.45, 2.75) is 33.6 Å². The zero-order valence-corrected chi connectivity index (χ0v) is 8.01. The molecule has 1 unspecified atom stereocenters. The van der Waals surface area contributed by atoms with Gasteiger partial charge in [-0.1, -0.05) is 33.6 Å². The Kier molecular flexibility index (Phi) is 5.48. The van der Waals surface area contributed by atoms with Crippen LogP contribution in [-0.4, -0.2) is 6.16 Å². The van der Waals surface area contributed by atoms with Crippen molar-refractivity contribution < 1.29 is 0 Å². The van der Waals surface area contributed by atoms with E-state index in [0.717, 1.165) is 11.8 Å². The second-order valence-corrected chi connectivity index (χ2v) is 3.26. The van der Waals surface area contributed by atoms with Crippen LogP contribution in [0.25, 0.3) is 0 Å². The van der Waals surface area contributed by atoms with Crippen molar-refractivity contribution in [3.05, 3.63) is 0 Å². The van der Waals surface area contributed by atoms with Gasteiger partial charge >= 0.3 is 0 Å². The van der Waals surface area contributed by atoms with E-state index in [0.29, 0.717) is 0 Å². The minimum atomic E-state index is 0.894. The molecule has 56 valence electrons. The summed E-state index contributed by atoms with van der Waals surface area (Å²) in [6.07, 6.45) is 3.94. The molecule has 9 heavy (non-hydrogen) atoms. The van der Waals surface area contributed by atoms with Crippen LogP contribution >= 0.6 is 9.24 Å². The van der Waals surface area contributed by atoms with Crippen molar-refractivity contribution >= 4 is 9.24 Å². The molecule has 0 saturated carbocycles. The van der Waals surface area contributed by atoms with E-state index in [-0.39, 0.29) is 0 Å². The predicted molar refractivity (Wildman–Crippen MR) is 47.8 cm³/mol. The van der Waals surface area contributed by atoms with E-state index in [1.165, 1.54) is 19.0 Å². The molecule has 0 aliphatic carbocycles. The van der Waals surface area contributed by atoms with Crippen LogP contribution in [0.4, 0.5) is 0 Å². The molecule has 0 aromatic heterocycles. The van der Waals surface area contributed by atoms with Crippen molar-refractivity contribution in [2.75, 3.05) is 6.16 Å². The van der Waals surface area contributed by atoms with E-state index in [4.69, 9.17) is 0 Å². The fourth-order valence-electron chi connectivity index (χ4n) is 1.29. The molecule has 0 amide bonds. The molecular weight excluding hydrogens is 127 g/mol. The second-order valence-electron chi connectivity index (χ2n) is 2.79. The van der Waals surface area contributed by atoms with E-state index in [1.54, 1.807) is 0 Å². The Morgan fingerprint density at radius 1 is 1.22 bits per heavy atom. The Bertz CT molecular complexity index is 57.6. The Labute approximate surface area is 61.6 Å². The second kappa shape index (κ2) is 5.23. The standard InChI is InChI=1S/C8H19P/c1-4-8(5-2)7(3)6-9/h7-8H,4-6,9H2,1-3H3/t7-/m1/s1. The van der Waals surface area contributed by atoms with Crippen LogP contribution in [0.2, 0.25) is 0 Å². The Hall–Kier alpha value is 0.430. The van der Waals surface area contributed by atoms with Crippen molar-refractivity contribution in [1.29, 1.82) is 0 Å². The van der Waals surface area contributed by atoms with E-state index in [1.807, 2.05) is 0 Å². The lowest BCUT2D eigenvalue weighted by Gasteiger charge is -2.18. The molecule has 0 bridgehead atoms. The van der Waals surface area contributed by atoms with Crippen LogP contribution in [0.1, 0.15) is 33.6 Å². The molecule has 0 N–H and O–H groups in total. The summed E-state index contributed by atoms with van der Waals surface area (Å²) in [5, 5.41) is 0. The summed E-state index contributed by atoms with van der Waals surface area (Å²) in [5.74, 6) is 1.84. The third kappa shape index (κ3) is 3.20. The molecule has 0 fully saturated rings. The van der Waals surface area contributed by atoms with Crippen molar-refractivity contribution in [3.8, 4) is 0 Å². The van der Waals surface area contributed by atoms with Crippen LogP contribution < -0.4 is 0 Å². The summed E-state index contributed by atoms with van der Waals surface area (Å²) in [5.41, 5.74) is 0. The smallest absolute Gasteiger partial charge is 0.0353 e. The van der Waals surface area contributed by atoms with Gasteiger partial charge in [-0.3, -0.25) is 0 Å². The molecule has 0 nitrogen and oxygen atoms in total. The van der Waals surface area contributed by atoms with E-state index < -0.39 is 0 Å². The first kappa shape index (κ1) is 9.43. The summed E-state index contributed by atoms with van der Waals surface area (Å²) in [4.78, 5) is 0. The molecule has 0 aliphatic heterocycles. The van der Waals surface area contributed by atoms with Gasteiger partial charge in [0.05, 0.1) is 0 Å². The highest BCUT2D eigenvalue weighted by atomic mass is 31.0. The maximum absolute atomic E-state index is 2.82. The van der Waals surface area contributed by atoms with E-state index in [2.05, 4.69) is 30.0 Å². The van der Waals surface area contributed by atoms with Crippen molar-refractivity contribution in [3.63, 3.8) is 0 Å². The maximum atomic E-state index is 2.82. The average Bonchev–Trinajstić information content (AvgIpc) is 1.90. The van der Waals surface area contributed by atoms with Gasteiger partial charge in [-0.05, 0) is 18.0 Å². The number of hydrogen-bond donors (Lipinski definition) is 0. The van der Waals surface area contributed by atoms with Gasteiger partial charge in [0.25, 0.3) is 0 Å². The highest BCUT2D eigenvalue weighted by Gasteiger charge is 2.09. The summed E-state index contributed by atoms with van der Waals surface area (Å²) in [6.45, 7) is 6.90. The summed E-state index contributed by atoms with van der Waals surface area (Å²) >= 11 is 0. The third-order valence-electron chi connectivity index (χ3n) is 2.23. The van der Waals surface area contributed by atoms with Gasteiger partial charge in [-0.2, -0.15) is 0 Å². The van der Waals surface area contributed by atoms with Crippen LogP contribution in [-0.2, 0) is 0 Å². The topological polar surface area (TPSA) is 0 Å². The molecule has 0 saturated heterocycles. The van der Waals surface area contributed by atoms with Crippen molar-refractivity contribution in [1.82, 2.24) is 0 Å². The Balaban J connectivity index is 3.50. The molecule has 1 heteroatoms. The first-order chi connectivity index (χ1) is 4.26. The molecule has 0 aromatic rings. The molecule has 0 aliphatic rings. The van der Waals surface area contributed by atoms with Gasteiger partial charge in [0, 0.05) is 0 Å². The summed E-state index contributed by atoms with van der Waals surface area (Å²) in [7, 11) is 2.82. The normalized spacial score (nSPS) is 14.3. The monoisotopic (exact) mass is 146 g/mol. The van der Waals surface area contributed by atoms with Crippen LogP contribution in [0.5, 0.6) is 0 Å². The molecule has 0 aromatic carbocycles. The van der Waals surface area contributed by atoms with Gasteiger partial charge in [-0.15, -0.1) is 9.24 Å². The largest absolute Gasteiger partial charge is 0.137 e. The van der Waals surface area contributed by atoms with E-state index >= 15 is 0 Å². The minimum absolute atomic E-state index is 0.894. The molecule has 2 atom stereocenters. The van der Waals surface area contributed by atoms with Crippen LogP contribution in [0.3, 0.4) is 0 Å². The van der Waals surface area contributed by atoms with E-state index in [9.17, 15) is 0 Å². The molecule has 0 spiro atoms. The lowest BCUT2D eigenvalue weighted by atomic mass is 9.91.